The second-order valence-electron chi connectivity index (χ2n) is 11.6. The number of hydrogen-bond acceptors (Lipinski definition) is 4. The van der Waals surface area contributed by atoms with Crippen molar-refractivity contribution in [1.82, 2.24) is 19.5 Å². The minimum Gasteiger partial charge on any atom is -0.277 e. The van der Waals surface area contributed by atoms with E-state index in [2.05, 4.69) is 114 Å². The Morgan fingerprint density at radius 2 is 1.02 bits per heavy atom. The molecular weight excluding hydrogens is 581 g/mol. The molecule has 0 radical (unpaired) electrons. The largest absolute Gasteiger partial charge is 0.277 e. The molecule has 3 aromatic heterocycles. The summed E-state index contributed by atoms with van der Waals surface area (Å²) in [7, 11) is 0. The van der Waals surface area contributed by atoms with Crippen molar-refractivity contribution in [1.29, 1.82) is 0 Å². The molecule has 0 N–H and O–H groups in total. The van der Waals surface area contributed by atoms with E-state index in [1.54, 1.807) is 0 Å². The van der Waals surface area contributed by atoms with Crippen LogP contribution in [0.2, 0.25) is 0 Å². The summed E-state index contributed by atoms with van der Waals surface area (Å²) in [6.45, 7) is 0. The highest BCUT2D eigenvalue weighted by Gasteiger charge is 2.25. The molecule has 0 saturated carbocycles. The summed E-state index contributed by atoms with van der Waals surface area (Å²) in [6.07, 6.45) is 0. The molecule has 7 aromatic carbocycles. The number of hydrogen-bond donors (Lipinski definition) is 0. The van der Waals surface area contributed by atoms with Gasteiger partial charge in [0.1, 0.15) is 0 Å². The lowest BCUT2D eigenvalue weighted by atomic mass is 9.97. The van der Waals surface area contributed by atoms with Gasteiger partial charge in [0.2, 0.25) is 5.95 Å². The Labute approximate surface area is 267 Å². The van der Waals surface area contributed by atoms with Gasteiger partial charge in [-0.15, -0.1) is 11.3 Å². The van der Waals surface area contributed by atoms with Crippen LogP contribution in [0.1, 0.15) is 0 Å². The van der Waals surface area contributed by atoms with Gasteiger partial charge in [-0.25, -0.2) is 4.98 Å². The highest BCUT2D eigenvalue weighted by molar-refractivity contribution is 7.27. The van der Waals surface area contributed by atoms with Crippen LogP contribution in [0.4, 0.5) is 0 Å². The Hall–Kier alpha value is -5.91. The van der Waals surface area contributed by atoms with Crippen LogP contribution in [0.5, 0.6) is 0 Å². The van der Waals surface area contributed by atoms with Crippen LogP contribution in [-0.2, 0) is 0 Å². The van der Waals surface area contributed by atoms with Crippen molar-refractivity contribution in [3.63, 3.8) is 0 Å². The molecular formula is C41H24N4S. The predicted octanol–water partition coefficient (Wildman–Crippen LogP) is 11.0. The molecule has 0 aliphatic carbocycles. The molecule has 0 unspecified atom stereocenters. The van der Waals surface area contributed by atoms with E-state index in [1.807, 2.05) is 47.7 Å². The van der Waals surface area contributed by atoms with Gasteiger partial charge in [-0.05, 0) is 22.9 Å². The number of aromatic nitrogens is 4. The minimum absolute atomic E-state index is 0.604. The van der Waals surface area contributed by atoms with Gasteiger partial charge in [0.05, 0.1) is 11.0 Å². The highest BCUT2D eigenvalue weighted by atomic mass is 32.1. The van der Waals surface area contributed by atoms with Crippen LogP contribution >= 0.6 is 11.3 Å². The fraction of sp³-hybridized carbons (Fsp3) is 0. The second kappa shape index (κ2) is 9.80. The molecule has 0 amide bonds. The summed E-state index contributed by atoms with van der Waals surface area (Å²) in [5.74, 6) is 1.89. The summed E-state index contributed by atoms with van der Waals surface area (Å²) >= 11 is 1.87. The van der Waals surface area contributed by atoms with Crippen molar-refractivity contribution in [2.45, 2.75) is 0 Å². The first-order valence-corrected chi connectivity index (χ1v) is 16.2. The zero-order valence-corrected chi connectivity index (χ0v) is 25.4. The third-order valence-corrected chi connectivity index (χ3v) is 10.2. The standard InChI is InChI=1S/C41H24N4S/c1-3-14-26(15-4-1)39-42-40(27-16-5-2-6-17-27)44-41(43-39)45-32-24-23-25-13-7-8-18-28(25)34(32)36-35-31-21-11-12-22-33(31)46-38(35)30-20-10-9-19-29(30)37(36)45/h1-24H. The first-order chi connectivity index (χ1) is 22.8. The van der Waals surface area contributed by atoms with Crippen molar-refractivity contribution in [3.05, 3.63) is 146 Å². The van der Waals surface area contributed by atoms with E-state index in [9.17, 15) is 0 Å². The van der Waals surface area contributed by atoms with Gasteiger partial charge in [-0.3, -0.25) is 4.57 Å². The number of rotatable bonds is 3. The third-order valence-electron chi connectivity index (χ3n) is 9.02. The summed E-state index contributed by atoms with van der Waals surface area (Å²) in [5, 5.41) is 9.86. The zero-order chi connectivity index (χ0) is 30.2. The molecule has 0 atom stereocenters. The predicted molar refractivity (Wildman–Crippen MR) is 193 cm³/mol. The highest BCUT2D eigenvalue weighted by Crippen LogP contribution is 2.49. The molecule has 214 valence electrons. The number of benzene rings is 7. The van der Waals surface area contributed by atoms with Crippen LogP contribution in [0.25, 0.3) is 92.2 Å². The van der Waals surface area contributed by atoms with Crippen molar-refractivity contribution < 1.29 is 0 Å². The van der Waals surface area contributed by atoms with Gasteiger partial charge in [0, 0.05) is 52.8 Å². The van der Waals surface area contributed by atoms with E-state index in [0.717, 1.165) is 22.2 Å². The average Bonchev–Trinajstić information content (AvgIpc) is 3.69. The van der Waals surface area contributed by atoms with Crippen LogP contribution in [-0.4, -0.2) is 19.5 Å². The Balaban J connectivity index is 1.47. The normalized spacial score (nSPS) is 11.9. The topological polar surface area (TPSA) is 43.6 Å². The van der Waals surface area contributed by atoms with Gasteiger partial charge in [-0.1, -0.05) is 133 Å². The van der Waals surface area contributed by atoms with Crippen molar-refractivity contribution >= 4 is 74.9 Å². The maximum Gasteiger partial charge on any atom is 0.238 e. The van der Waals surface area contributed by atoms with Gasteiger partial charge < -0.3 is 0 Å². The van der Waals surface area contributed by atoms with E-state index >= 15 is 0 Å². The summed E-state index contributed by atoms with van der Waals surface area (Å²) in [6, 6.07) is 51.1. The van der Waals surface area contributed by atoms with E-state index in [0.29, 0.717) is 17.6 Å². The zero-order valence-electron chi connectivity index (χ0n) is 24.6. The van der Waals surface area contributed by atoms with Gasteiger partial charge >= 0.3 is 0 Å². The van der Waals surface area contributed by atoms with Gasteiger partial charge in [-0.2, -0.15) is 9.97 Å². The fourth-order valence-electron chi connectivity index (χ4n) is 7.03. The smallest absolute Gasteiger partial charge is 0.238 e. The molecule has 0 fully saturated rings. The van der Waals surface area contributed by atoms with Crippen LogP contribution in [0.15, 0.2) is 146 Å². The lowest BCUT2D eigenvalue weighted by molar-refractivity contribution is 0.955. The first-order valence-electron chi connectivity index (χ1n) is 15.4. The SMILES string of the molecule is c1ccc(-c2nc(-c3ccccc3)nc(-n3c4ccc5ccccc5c4c4c5c6ccccc6sc5c5ccccc5c43)n2)cc1. The Morgan fingerprint density at radius 3 is 1.74 bits per heavy atom. The first kappa shape index (κ1) is 25.4. The van der Waals surface area contributed by atoms with Gasteiger partial charge in [0.15, 0.2) is 11.6 Å². The van der Waals surface area contributed by atoms with E-state index < -0.39 is 0 Å². The molecule has 0 bridgehead atoms. The maximum absolute atomic E-state index is 5.23. The summed E-state index contributed by atoms with van der Waals surface area (Å²) < 4.78 is 4.88. The van der Waals surface area contributed by atoms with Crippen LogP contribution < -0.4 is 0 Å². The summed E-state index contributed by atoms with van der Waals surface area (Å²) in [5.41, 5.74) is 4.09. The van der Waals surface area contributed by atoms with Crippen molar-refractivity contribution in [3.8, 4) is 28.7 Å². The minimum atomic E-state index is 0.604. The molecule has 0 spiro atoms. The molecule has 10 aromatic rings. The van der Waals surface area contributed by atoms with E-state index in [-0.39, 0.29) is 0 Å². The number of thiophene rings is 1. The Bertz CT molecular complexity index is 2740. The Morgan fingerprint density at radius 1 is 0.435 bits per heavy atom. The third kappa shape index (κ3) is 3.63. The molecule has 3 heterocycles. The van der Waals surface area contributed by atoms with Crippen molar-refractivity contribution in [2.24, 2.45) is 0 Å². The average molecular weight is 605 g/mol. The number of fused-ring (bicyclic) bond motifs is 12. The lowest BCUT2D eigenvalue weighted by Gasteiger charge is -2.12. The van der Waals surface area contributed by atoms with Gasteiger partial charge in [0.25, 0.3) is 0 Å². The molecule has 0 saturated heterocycles. The molecule has 46 heavy (non-hydrogen) atoms. The fourth-order valence-corrected chi connectivity index (χ4v) is 8.28. The monoisotopic (exact) mass is 604 g/mol. The summed E-state index contributed by atoms with van der Waals surface area (Å²) in [4.78, 5) is 15.5. The second-order valence-corrected chi connectivity index (χ2v) is 12.7. The molecule has 4 nitrogen and oxygen atoms in total. The van der Waals surface area contributed by atoms with Crippen molar-refractivity contribution in [2.75, 3.05) is 0 Å². The molecule has 0 aliphatic rings. The van der Waals surface area contributed by atoms with Crippen LogP contribution in [0, 0.1) is 0 Å². The Kier molecular flexibility index (Phi) is 5.41. The van der Waals surface area contributed by atoms with E-state index in [1.165, 1.54) is 52.5 Å². The van der Waals surface area contributed by atoms with Crippen LogP contribution in [0.3, 0.4) is 0 Å². The molecule has 5 heteroatoms. The quantitative estimate of drug-likeness (QED) is 0.201. The molecule has 10 rings (SSSR count). The lowest BCUT2D eigenvalue weighted by Crippen LogP contribution is -2.06. The maximum atomic E-state index is 5.23. The molecule has 0 aliphatic heterocycles. The van der Waals surface area contributed by atoms with E-state index in [4.69, 9.17) is 15.0 Å². The number of nitrogens with zero attached hydrogens (tertiary/aromatic N) is 4.